The SMILES string of the molecule is CCOC(=O)COc1ccccc1C#N. The number of hydrogen-bond donors (Lipinski definition) is 0. The van der Waals surface area contributed by atoms with Gasteiger partial charge in [0.1, 0.15) is 11.8 Å². The first-order chi connectivity index (χ1) is 7.27. The molecule has 0 spiro atoms. The van der Waals surface area contributed by atoms with Gasteiger partial charge in [0.05, 0.1) is 12.2 Å². The molecule has 1 aromatic carbocycles. The Hall–Kier alpha value is -2.02. The third-order valence-electron chi connectivity index (χ3n) is 1.66. The fraction of sp³-hybridized carbons (Fsp3) is 0.273. The molecule has 78 valence electrons. The van der Waals surface area contributed by atoms with Crippen LogP contribution in [-0.2, 0) is 9.53 Å². The molecular weight excluding hydrogens is 194 g/mol. The summed E-state index contributed by atoms with van der Waals surface area (Å²) in [5, 5.41) is 8.74. The zero-order valence-electron chi connectivity index (χ0n) is 8.40. The summed E-state index contributed by atoms with van der Waals surface area (Å²) in [6, 6.07) is 8.71. The van der Waals surface area contributed by atoms with Gasteiger partial charge in [0.25, 0.3) is 0 Å². The average Bonchev–Trinajstić information content (AvgIpc) is 2.27. The summed E-state index contributed by atoms with van der Waals surface area (Å²) in [7, 11) is 0. The van der Waals surface area contributed by atoms with Crippen molar-refractivity contribution in [2.24, 2.45) is 0 Å². The Labute approximate surface area is 88.0 Å². The fourth-order valence-corrected chi connectivity index (χ4v) is 1.02. The van der Waals surface area contributed by atoms with Gasteiger partial charge < -0.3 is 9.47 Å². The Balaban J connectivity index is 2.58. The monoisotopic (exact) mass is 205 g/mol. The van der Waals surface area contributed by atoms with E-state index in [1.165, 1.54) is 0 Å². The van der Waals surface area contributed by atoms with Gasteiger partial charge in [0.2, 0.25) is 0 Å². The lowest BCUT2D eigenvalue weighted by molar-refractivity contribution is -0.145. The first-order valence-electron chi connectivity index (χ1n) is 4.55. The molecule has 0 atom stereocenters. The first kappa shape index (κ1) is 11.1. The normalized spacial score (nSPS) is 9.07. The predicted molar refractivity (Wildman–Crippen MR) is 53.3 cm³/mol. The van der Waals surface area contributed by atoms with Gasteiger partial charge in [0, 0.05) is 0 Å². The van der Waals surface area contributed by atoms with Gasteiger partial charge in [-0.1, -0.05) is 12.1 Å². The molecule has 0 aromatic heterocycles. The van der Waals surface area contributed by atoms with Crippen LogP contribution in [0.4, 0.5) is 0 Å². The minimum absolute atomic E-state index is 0.174. The molecule has 1 aromatic rings. The maximum Gasteiger partial charge on any atom is 0.344 e. The topological polar surface area (TPSA) is 59.3 Å². The summed E-state index contributed by atoms with van der Waals surface area (Å²) in [5.41, 5.74) is 0.404. The summed E-state index contributed by atoms with van der Waals surface area (Å²) in [5.74, 6) is -0.0432. The number of ether oxygens (including phenoxy) is 2. The van der Waals surface area contributed by atoms with Crippen molar-refractivity contribution in [3.05, 3.63) is 29.8 Å². The van der Waals surface area contributed by atoms with Gasteiger partial charge >= 0.3 is 5.97 Å². The molecule has 0 aliphatic carbocycles. The maximum absolute atomic E-state index is 11.0. The Morgan fingerprint density at radius 2 is 2.20 bits per heavy atom. The van der Waals surface area contributed by atoms with Crippen LogP contribution < -0.4 is 4.74 Å². The molecule has 0 saturated carbocycles. The van der Waals surface area contributed by atoms with E-state index in [-0.39, 0.29) is 6.61 Å². The second-order valence-corrected chi connectivity index (χ2v) is 2.70. The summed E-state index contributed by atoms with van der Waals surface area (Å²) in [6.45, 7) is 1.87. The molecule has 4 nitrogen and oxygen atoms in total. The van der Waals surface area contributed by atoms with Crippen molar-refractivity contribution in [1.29, 1.82) is 5.26 Å². The van der Waals surface area contributed by atoms with Gasteiger partial charge in [-0.15, -0.1) is 0 Å². The molecule has 0 aliphatic rings. The molecule has 4 heteroatoms. The molecule has 0 bridgehead atoms. The lowest BCUT2D eigenvalue weighted by Gasteiger charge is -2.06. The van der Waals surface area contributed by atoms with Gasteiger partial charge in [-0.05, 0) is 19.1 Å². The summed E-state index contributed by atoms with van der Waals surface area (Å²) in [4.78, 5) is 11.0. The summed E-state index contributed by atoms with van der Waals surface area (Å²) in [6.07, 6.45) is 0. The van der Waals surface area contributed by atoms with Gasteiger partial charge in [-0.3, -0.25) is 0 Å². The van der Waals surface area contributed by atoms with Crippen molar-refractivity contribution in [3.63, 3.8) is 0 Å². The highest BCUT2D eigenvalue weighted by atomic mass is 16.6. The van der Waals surface area contributed by atoms with Crippen LogP contribution >= 0.6 is 0 Å². The summed E-state index contributed by atoms with van der Waals surface area (Å²) >= 11 is 0. The van der Waals surface area contributed by atoms with Crippen molar-refractivity contribution in [2.75, 3.05) is 13.2 Å². The van der Waals surface area contributed by atoms with E-state index in [9.17, 15) is 4.79 Å². The minimum atomic E-state index is -0.440. The molecule has 0 fully saturated rings. The number of nitrogens with zero attached hydrogens (tertiary/aromatic N) is 1. The first-order valence-corrected chi connectivity index (χ1v) is 4.55. The Bertz CT molecular complexity index is 382. The van der Waals surface area contributed by atoms with Crippen LogP contribution in [0.3, 0.4) is 0 Å². The average molecular weight is 205 g/mol. The van der Waals surface area contributed by atoms with E-state index >= 15 is 0 Å². The van der Waals surface area contributed by atoms with Crippen molar-refractivity contribution < 1.29 is 14.3 Å². The van der Waals surface area contributed by atoms with E-state index in [1.807, 2.05) is 6.07 Å². The fourth-order valence-electron chi connectivity index (χ4n) is 1.02. The third kappa shape index (κ3) is 3.31. The molecule has 0 unspecified atom stereocenters. The number of rotatable bonds is 4. The zero-order valence-corrected chi connectivity index (χ0v) is 8.40. The highest BCUT2D eigenvalue weighted by molar-refractivity contribution is 5.71. The van der Waals surface area contributed by atoms with Crippen molar-refractivity contribution in [2.45, 2.75) is 6.92 Å². The largest absolute Gasteiger partial charge is 0.481 e. The van der Waals surface area contributed by atoms with Crippen LogP contribution in [-0.4, -0.2) is 19.2 Å². The third-order valence-corrected chi connectivity index (χ3v) is 1.66. The second kappa shape index (κ2) is 5.66. The van der Waals surface area contributed by atoms with Crippen LogP contribution in [0.2, 0.25) is 0 Å². The Morgan fingerprint density at radius 1 is 1.47 bits per heavy atom. The van der Waals surface area contributed by atoms with Crippen LogP contribution in [0.15, 0.2) is 24.3 Å². The number of carbonyl (C=O) groups excluding carboxylic acids is 1. The number of para-hydroxylation sites is 1. The minimum Gasteiger partial charge on any atom is -0.481 e. The van der Waals surface area contributed by atoms with Crippen LogP contribution in [0, 0.1) is 11.3 Å². The molecule has 15 heavy (non-hydrogen) atoms. The zero-order chi connectivity index (χ0) is 11.1. The van der Waals surface area contributed by atoms with E-state index in [2.05, 4.69) is 0 Å². The van der Waals surface area contributed by atoms with Crippen molar-refractivity contribution in [1.82, 2.24) is 0 Å². The molecule has 0 saturated heterocycles. The predicted octanol–water partition coefficient (Wildman–Crippen LogP) is 1.50. The summed E-state index contributed by atoms with van der Waals surface area (Å²) < 4.78 is 9.84. The van der Waals surface area contributed by atoms with Crippen molar-refractivity contribution >= 4 is 5.97 Å². The van der Waals surface area contributed by atoms with Crippen LogP contribution in [0.1, 0.15) is 12.5 Å². The molecule has 0 aliphatic heterocycles. The Kier molecular flexibility index (Phi) is 4.17. The highest BCUT2D eigenvalue weighted by Gasteiger charge is 2.05. The number of benzene rings is 1. The lowest BCUT2D eigenvalue weighted by Crippen LogP contribution is -2.14. The van der Waals surface area contributed by atoms with E-state index in [1.54, 1.807) is 31.2 Å². The van der Waals surface area contributed by atoms with E-state index in [0.717, 1.165) is 0 Å². The molecule has 0 amide bonds. The molecule has 0 radical (unpaired) electrons. The van der Waals surface area contributed by atoms with Crippen molar-refractivity contribution in [3.8, 4) is 11.8 Å². The highest BCUT2D eigenvalue weighted by Crippen LogP contribution is 2.16. The quantitative estimate of drug-likeness (QED) is 0.699. The van der Waals surface area contributed by atoms with Crippen LogP contribution in [0.5, 0.6) is 5.75 Å². The Morgan fingerprint density at radius 3 is 2.87 bits per heavy atom. The van der Waals surface area contributed by atoms with Gasteiger partial charge in [-0.2, -0.15) is 5.26 Å². The molecule has 1 rings (SSSR count). The van der Waals surface area contributed by atoms with Crippen LogP contribution in [0.25, 0.3) is 0 Å². The number of esters is 1. The van der Waals surface area contributed by atoms with E-state index in [4.69, 9.17) is 14.7 Å². The van der Waals surface area contributed by atoms with Gasteiger partial charge in [0.15, 0.2) is 6.61 Å². The molecule has 0 heterocycles. The lowest BCUT2D eigenvalue weighted by atomic mass is 10.2. The second-order valence-electron chi connectivity index (χ2n) is 2.70. The van der Waals surface area contributed by atoms with Gasteiger partial charge in [-0.25, -0.2) is 4.79 Å². The van der Waals surface area contributed by atoms with E-state index in [0.29, 0.717) is 17.9 Å². The molecular formula is C11H11NO3. The van der Waals surface area contributed by atoms with E-state index < -0.39 is 5.97 Å². The number of hydrogen-bond acceptors (Lipinski definition) is 4. The smallest absolute Gasteiger partial charge is 0.344 e. The number of nitriles is 1. The maximum atomic E-state index is 11.0. The molecule has 0 N–H and O–H groups in total. The standard InChI is InChI=1S/C11H11NO3/c1-2-14-11(13)8-15-10-6-4-3-5-9(10)7-12/h3-6H,2,8H2,1H3. The number of carbonyl (C=O) groups is 1.